The lowest BCUT2D eigenvalue weighted by Gasteiger charge is -1.98. The van der Waals surface area contributed by atoms with Gasteiger partial charge in [0.1, 0.15) is 0 Å². The van der Waals surface area contributed by atoms with Crippen LogP contribution in [0.15, 0.2) is 12.1 Å². The zero-order valence-corrected chi connectivity index (χ0v) is 6.45. The van der Waals surface area contributed by atoms with E-state index in [9.17, 15) is 10.1 Å². The minimum absolute atomic E-state index is 0.00278. The van der Waals surface area contributed by atoms with Gasteiger partial charge >= 0.3 is 5.69 Å². The Kier molecular flexibility index (Phi) is 2.05. The number of halogens is 1. The molecule has 1 aromatic rings. The number of nitro groups is 1. The standard InChI is InChI=1S/C6H4ClNO4/c7-3-1-4(8(11)12)6(10)5(9)2-3/h1-2,9-10H. The summed E-state index contributed by atoms with van der Waals surface area (Å²) < 4.78 is 0. The van der Waals surface area contributed by atoms with Gasteiger partial charge in [0, 0.05) is 12.1 Å². The van der Waals surface area contributed by atoms with Crippen molar-refractivity contribution in [1.29, 1.82) is 0 Å². The van der Waals surface area contributed by atoms with Crippen LogP contribution in [0.2, 0.25) is 5.02 Å². The van der Waals surface area contributed by atoms with Crippen molar-refractivity contribution in [2.75, 3.05) is 0 Å². The van der Waals surface area contributed by atoms with Crippen molar-refractivity contribution in [2.24, 2.45) is 0 Å². The third-order valence-electron chi connectivity index (χ3n) is 1.23. The Balaban J connectivity index is 3.37. The lowest BCUT2D eigenvalue weighted by Crippen LogP contribution is -1.88. The molecule has 1 rings (SSSR count). The smallest absolute Gasteiger partial charge is 0.316 e. The maximum atomic E-state index is 10.2. The first kappa shape index (κ1) is 8.61. The summed E-state index contributed by atoms with van der Waals surface area (Å²) in [5.74, 6) is -1.38. The van der Waals surface area contributed by atoms with Crippen molar-refractivity contribution in [2.45, 2.75) is 0 Å². The topological polar surface area (TPSA) is 83.6 Å². The second-order valence-corrected chi connectivity index (χ2v) is 2.49. The second kappa shape index (κ2) is 2.86. The highest BCUT2D eigenvalue weighted by Gasteiger charge is 2.17. The van der Waals surface area contributed by atoms with Crippen LogP contribution in [0.3, 0.4) is 0 Å². The lowest BCUT2D eigenvalue weighted by atomic mass is 10.3. The number of nitrogens with zero attached hydrogens (tertiary/aromatic N) is 1. The Morgan fingerprint density at radius 1 is 1.42 bits per heavy atom. The highest BCUT2D eigenvalue weighted by Crippen LogP contribution is 2.37. The molecule has 0 amide bonds. The van der Waals surface area contributed by atoms with Crippen LogP contribution < -0.4 is 0 Å². The molecule has 0 aliphatic carbocycles. The molecular formula is C6H4ClNO4. The molecule has 0 radical (unpaired) electrons. The van der Waals surface area contributed by atoms with Crippen LogP contribution >= 0.6 is 11.6 Å². The molecule has 0 heterocycles. The summed E-state index contributed by atoms with van der Waals surface area (Å²) in [6.07, 6.45) is 0. The normalized spacial score (nSPS) is 9.75. The Morgan fingerprint density at radius 3 is 2.50 bits per heavy atom. The zero-order valence-electron chi connectivity index (χ0n) is 5.69. The largest absolute Gasteiger partial charge is 0.504 e. The predicted octanol–water partition coefficient (Wildman–Crippen LogP) is 1.66. The average molecular weight is 190 g/mol. The van der Waals surface area contributed by atoms with Crippen LogP contribution in [0.5, 0.6) is 11.5 Å². The van der Waals surface area contributed by atoms with Gasteiger partial charge in [-0.25, -0.2) is 0 Å². The van der Waals surface area contributed by atoms with Gasteiger partial charge in [0.2, 0.25) is 5.75 Å². The molecule has 0 bridgehead atoms. The fraction of sp³-hybridized carbons (Fsp3) is 0. The summed E-state index contributed by atoms with van der Waals surface area (Å²) in [5.41, 5.74) is -0.611. The van der Waals surface area contributed by atoms with Gasteiger partial charge in [0.15, 0.2) is 5.75 Å². The number of phenols is 2. The van der Waals surface area contributed by atoms with Gasteiger partial charge in [0.25, 0.3) is 0 Å². The summed E-state index contributed by atoms with van der Waals surface area (Å²) in [5, 5.41) is 28.0. The summed E-state index contributed by atoms with van der Waals surface area (Å²) in [4.78, 5) is 9.37. The molecule has 12 heavy (non-hydrogen) atoms. The van der Waals surface area contributed by atoms with Gasteiger partial charge < -0.3 is 10.2 Å². The number of nitro benzene ring substituents is 1. The van der Waals surface area contributed by atoms with E-state index in [1.165, 1.54) is 0 Å². The van der Waals surface area contributed by atoms with Crippen LogP contribution in [0.25, 0.3) is 0 Å². The first-order valence-corrected chi connectivity index (χ1v) is 3.26. The van der Waals surface area contributed by atoms with Crippen LogP contribution in [0.1, 0.15) is 0 Å². The molecule has 0 unspecified atom stereocenters. The van der Waals surface area contributed by atoms with Crippen LogP contribution in [0, 0.1) is 10.1 Å². The second-order valence-electron chi connectivity index (χ2n) is 2.05. The molecule has 64 valence electrons. The highest BCUT2D eigenvalue weighted by molar-refractivity contribution is 6.31. The number of rotatable bonds is 1. The number of hydrogen-bond donors (Lipinski definition) is 2. The minimum atomic E-state index is -0.832. The van der Waals surface area contributed by atoms with Crippen LogP contribution in [-0.4, -0.2) is 15.1 Å². The molecule has 1 aromatic carbocycles. The highest BCUT2D eigenvalue weighted by atomic mass is 35.5. The zero-order chi connectivity index (χ0) is 9.30. The maximum Gasteiger partial charge on any atom is 0.316 e. The summed E-state index contributed by atoms with van der Waals surface area (Å²) >= 11 is 5.39. The van der Waals surface area contributed by atoms with Crippen molar-refractivity contribution >= 4 is 17.3 Å². The molecule has 0 saturated heterocycles. The van der Waals surface area contributed by atoms with Gasteiger partial charge in [-0.2, -0.15) is 0 Å². The Hall–Kier alpha value is -1.49. The monoisotopic (exact) mass is 189 g/mol. The summed E-state index contributed by atoms with van der Waals surface area (Å²) in [7, 11) is 0. The fourth-order valence-corrected chi connectivity index (χ4v) is 0.917. The van der Waals surface area contributed by atoms with E-state index in [2.05, 4.69) is 0 Å². The fourth-order valence-electron chi connectivity index (χ4n) is 0.710. The van der Waals surface area contributed by atoms with Crippen molar-refractivity contribution < 1.29 is 15.1 Å². The Morgan fingerprint density at radius 2 is 2.00 bits per heavy atom. The van der Waals surface area contributed by atoms with E-state index in [-0.39, 0.29) is 5.02 Å². The third kappa shape index (κ3) is 1.40. The summed E-state index contributed by atoms with van der Waals surface area (Å²) in [6.45, 7) is 0. The molecular weight excluding hydrogens is 186 g/mol. The molecule has 0 aliphatic heterocycles. The van der Waals surface area contributed by atoms with E-state index in [1.54, 1.807) is 0 Å². The van der Waals surface area contributed by atoms with Gasteiger partial charge in [0.05, 0.1) is 9.95 Å². The number of aromatic hydroxyl groups is 2. The molecule has 6 heteroatoms. The summed E-state index contributed by atoms with van der Waals surface area (Å²) in [6, 6.07) is 1.97. The molecule has 2 N–H and O–H groups in total. The lowest BCUT2D eigenvalue weighted by molar-refractivity contribution is -0.385. The van der Waals surface area contributed by atoms with Gasteiger partial charge in [-0.05, 0) is 0 Å². The SMILES string of the molecule is O=[N+]([O-])c1cc(Cl)cc(O)c1O. The Labute approximate surface area is 72.0 Å². The molecule has 0 saturated carbocycles. The molecule has 0 fully saturated rings. The van der Waals surface area contributed by atoms with Gasteiger partial charge in [-0.3, -0.25) is 10.1 Å². The van der Waals surface area contributed by atoms with Crippen molar-refractivity contribution in [3.05, 3.63) is 27.3 Å². The van der Waals surface area contributed by atoms with E-state index < -0.39 is 22.1 Å². The Bertz CT molecular complexity index is 339. The number of benzene rings is 1. The molecule has 0 atom stereocenters. The van der Waals surface area contributed by atoms with Gasteiger partial charge in [-0.1, -0.05) is 11.6 Å². The van der Waals surface area contributed by atoms with Crippen LogP contribution in [-0.2, 0) is 0 Å². The van der Waals surface area contributed by atoms with E-state index in [0.717, 1.165) is 12.1 Å². The van der Waals surface area contributed by atoms with Crippen molar-refractivity contribution in [3.8, 4) is 11.5 Å². The van der Waals surface area contributed by atoms with E-state index in [0.29, 0.717) is 0 Å². The van der Waals surface area contributed by atoms with E-state index in [4.69, 9.17) is 21.8 Å². The van der Waals surface area contributed by atoms with Crippen LogP contribution in [0.4, 0.5) is 5.69 Å². The minimum Gasteiger partial charge on any atom is -0.504 e. The average Bonchev–Trinajstić information content (AvgIpc) is 1.96. The first-order valence-electron chi connectivity index (χ1n) is 2.88. The molecule has 0 aromatic heterocycles. The van der Waals surface area contributed by atoms with E-state index >= 15 is 0 Å². The number of hydrogen-bond acceptors (Lipinski definition) is 4. The van der Waals surface area contributed by atoms with E-state index in [1.807, 2.05) is 0 Å². The molecule has 5 nitrogen and oxygen atoms in total. The quantitative estimate of drug-likeness (QED) is 0.400. The molecule has 0 spiro atoms. The number of phenolic OH excluding ortho intramolecular Hbond substituents is 2. The molecule has 0 aliphatic rings. The maximum absolute atomic E-state index is 10.2. The van der Waals surface area contributed by atoms with Crippen molar-refractivity contribution in [3.63, 3.8) is 0 Å². The first-order chi connectivity index (χ1) is 5.52. The third-order valence-corrected chi connectivity index (χ3v) is 1.45. The van der Waals surface area contributed by atoms with Gasteiger partial charge in [-0.15, -0.1) is 0 Å². The van der Waals surface area contributed by atoms with Crippen molar-refractivity contribution in [1.82, 2.24) is 0 Å². The predicted molar refractivity (Wildman–Crippen MR) is 41.4 cm³/mol.